The van der Waals surface area contributed by atoms with E-state index in [2.05, 4.69) is 15.6 Å². The van der Waals surface area contributed by atoms with Crippen LogP contribution in [0.5, 0.6) is 5.75 Å². The van der Waals surface area contributed by atoms with Crippen molar-refractivity contribution in [2.75, 3.05) is 19.0 Å². The van der Waals surface area contributed by atoms with Crippen molar-refractivity contribution in [1.29, 1.82) is 0 Å². The first kappa shape index (κ1) is 20.5. The van der Waals surface area contributed by atoms with Crippen LogP contribution in [0.4, 0.5) is 10.5 Å². The van der Waals surface area contributed by atoms with Crippen LogP contribution in [0.1, 0.15) is 18.4 Å². The maximum atomic E-state index is 12.7. The zero-order valence-electron chi connectivity index (χ0n) is 17.2. The van der Waals surface area contributed by atoms with E-state index in [0.717, 1.165) is 16.5 Å². The van der Waals surface area contributed by atoms with Crippen LogP contribution in [0.2, 0.25) is 0 Å². The summed E-state index contributed by atoms with van der Waals surface area (Å²) in [5, 5.41) is 6.55. The average Bonchev–Trinajstić information content (AvgIpc) is 3.31. The lowest BCUT2D eigenvalue weighted by atomic mass is 10.1. The Hall–Kier alpha value is -3.81. The number of carbonyl (C=O) groups excluding carboxylic acids is 3. The van der Waals surface area contributed by atoms with Crippen LogP contribution in [0.15, 0.2) is 54.7 Å². The number of ether oxygens (including phenoxy) is 1. The number of nitrogens with one attached hydrogen (secondary N) is 3. The molecule has 8 heteroatoms. The van der Waals surface area contributed by atoms with Gasteiger partial charge in [-0.25, -0.2) is 4.79 Å². The zero-order valence-corrected chi connectivity index (χ0v) is 17.2. The molecule has 3 N–H and O–H groups in total. The van der Waals surface area contributed by atoms with Crippen LogP contribution in [-0.4, -0.2) is 47.4 Å². The summed E-state index contributed by atoms with van der Waals surface area (Å²) in [6.07, 6.45) is 2.84. The summed E-state index contributed by atoms with van der Waals surface area (Å²) in [5.74, 6) is 0.191. The topological polar surface area (TPSA) is 104 Å². The van der Waals surface area contributed by atoms with E-state index >= 15 is 0 Å². The lowest BCUT2D eigenvalue weighted by molar-refractivity contribution is -0.127. The van der Waals surface area contributed by atoms with E-state index in [0.29, 0.717) is 24.4 Å². The Labute approximate surface area is 179 Å². The molecule has 0 aliphatic carbocycles. The molecule has 4 amide bonds. The highest BCUT2D eigenvalue weighted by molar-refractivity contribution is 6.04. The molecule has 2 heterocycles. The highest BCUT2D eigenvalue weighted by atomic mass is 16.5. The first-order chi connectivity index (χ1) is 15.0. The third-order valence-electron chi connectivity index (χ3n) is 5.42. The summed E-state index contributed by atoms with van der Waals surface area (Å²) in [7, 11) is 1.57. The Morgan fingerprint density at radius 1 is 1.13 bits per heavy atom. The van der Waals surface area contributed by atoms with Gasteiger partial charge in [0.1, 0.15) is 11.8 Å². The van der Waals surface area contributed by atoms with E-state index in [4.69, 9.17) is 4.74 Å². The second-order valence-electron chi connectivity index (χ2n) is 7.42. The van der Waals surface area contributed by atoms with Crippen molar-refractivity contribution in [2.45, 2.75) is 25.3 Å². The summed E-state index contributed by atoms with van der Waals surface area (Å²) in [4.78, 5) is 41.6. The Bertz CT molecular complexity index is 1110. The number of amides is 4. The van der Waals surface area contributed by atoms with Gasteiger partial charge in [0.2, 0.25) is 5.91 Å². The normalized spacial score (nSPS) is 15.9. The molecule has 8 nitrogen and oxygen atoms in total. The van der Waals surface area contributed by atoms with Crippen molar-refractivity contribution in [2.24, 2.45) is 0 Å². The molecule has 0 bridgehead atoms. The van der Waals surface area contributed by atoms with E-state index in [1.165, 1.54) is 4.90 Å². The van der Waals surface area contributed by atoms with Crippen molar-refractivity contribution in [3.63, 3.8) is 0 Å². The van der Waals surface area contributed by atoms with E-state index in [-0.39, 0.29) is 24.7 Å². The number of fused-ring (bicyclic) bond motifs is 1. The minimum absolute atomic E-state index is 0.124. The molecule has 0 saturated carbocycles. The Balaban J connectivity index is 1.29. The third kappa shape index (κ3) is 4.53. The molecule has 1 aromatic heterocycles. The summed E-state index contributed by atoms with van der Waals surface area (Å²) in [6, 6.07) is 13.8. The fraction of sp³-hybridized carbons (Fsp3) is 0.261. The molecule has 3 aromatic rings. The maximum absolute atomic E-state index is 12.7. The molecule has 160 valence electrons. The number of nitrogens with zero attached hydrogens (tertiary/aromatic N) is 1. The number of hydrogen-bond acceptors (Lipinski definition) is 4. The van der Waals surface area contributed by atoms with Crippen LogP contribution in [-0.2, 0) is 16.0 Å². The molecule has 2 aromatic carbocycles. The third-order valence-corrected chi connectivity index (χ3v) is 5.42. The number of carbonyl (C=O) groups is 3. The van der Waals surface area contributed by atoms with E-state index in [1.807, 2.05) is 30.5 Å². The monoisotopic (exact) mass is 420 g/mol. The summed E-state index contributed by atoms with van der Waals surface area (Å²) >= 11 is 0. The van der Waals surface area contributed by atoms with Gasteiger partial charge in [0.25, 0.3) is 5.91 Å². The molecule has 0 spiro atoms. The summed E-state index contributed by atoms with van der Waals surface area (Å²) in [6.45, 7) is 0.293. The number of aromatic nitrogens is 1. The molecular formula is C23H24N4O4. The van der Waals surface area contributed by atoms with Crippen LogP contribution in [0, 0.1) is 0 Å². The first-order valence-electron chi connectivity index (χ1n) is 10.2. The quantitative estimate of drug-likeness (QED) is 0.487. The number of aromatic amines is 1. The predicted octanol–water partition coefficient (Wildman–Crippen LogP) is 3.06. The van der Waals surface area contributed by atoms with E-state index in [9.17, 15) is 14.4 Å². The van der Waals surface area contributed by atoms with Gasteiger partial charge in [0.05, 0.1) is 7.11 Å². The molecule has 1 fully saturated rings. The minimum atomic E-state index is -0.683. The SMILES string of the molecule is COc1ccc(NC(=O)CC[C@@H]2NC(=O)N(CCc3c[nH]c4ccccc34)C2=O)cc1. The predicted molar refractivity (Wildman–Crippen MR) is 117 cm³/mol. The van der Waals surface area contributed by atoms with Gasteiger partial charge in [-0.15, -0.1) is 0 Å². The first-order valence-corrected chi connectivity index (χ1v) is 10.2. The highest BCUT2D eigenvalue weighted by Gasteiger charge is 2.37. The number of methoxy groups -OCH3 is 1. The number of anilines is 1. The molecule has 1 atom stereocenters. The van der Waals surface area contributed by atoms with Gasteiger partial charge < -0.3 is 20.4 Å². The molecule has 1 aliphatic heterocycles. The number of rotatable bonds is 8. The largest absolute Gasteiger partial charge is 0.497 e. The Kier molecular flexibility index (Phi) is 5.88. The van der Waals surface area contributed by atoms with Gasteiger partial charge in [0.15, 0.2) is 0 Å². The van der Waals surface area contributed by atoms with Crippen molar-refractivity contribution >= 4 is 34.4 Å². The van der Waals surface area contributed by atoms with E-state index < -0.39 is 12.1 Å². The smallest absolute Gasteiger partial charge is 0.324 e. The second kappa shape index (κ2) is 8.91. The number of imide groups is 1. The second-order valence-corrected chi connectivity index (χ2v) is 7.42. The molecule has 4 rings (SSSR count). The van der Waals surface area contributed by atoms with Crippen molar-refractivity contribution in [3.05, 3.63) is 60.3 Å². The molecule has 1 aliphatic rings. The van der Waals surface area contributed by atoms with E-state index in [1.54, 1.807) is 31.4 Å². The molecular weight excluding hydrogens is 396 g/mol. The van der Waals surface area contributed by atoms with Crippen LogP contribution in [0.3, 0.4) is 0 Å². The number of benzene rings is 2. The van der Waals surface area contributed by atoms with Gasteiger partial charge in [-0.3, -0.25) is 14.5 Å². The maximum Gasteiger partial charge on any atom is 0.324 e. The lowest BCUT2D eigenvalue weighted by Crippen LogP contribution is -2.33. The highest BCUT2D eigenvalue weighted by Crippen LogP contribution is 2.20. The molecule has 31 heavy (non-hydrogen) atoms. The number of hydrogen-bond donors (Lipinski definition) is 3. The van der Waals surface area contributed by atoms with Gasteiger partial charge >= 0.3 is 6.03 Å². The fourth-order valence-corrected chi connectivity index (χ4v) is 3.73. The number of urea groups is 1. The zero-order chi connectivity index (χ0) is 21.8. The molecule has 0 radical (unpaired) electrons. The molecule has 0 unspecified atom stereocenters. The van der Waals surface area contributed by atoms with Crippen molar-refractivity contribution in [3.8, 4) is 5.75 Å². The van der Waals surface area contributed by atoms with Gasteiger partial charge in [-0.1, -0.05) is 18.2 Å². The average molecular weight is 420 g/mol. The van der Waals surface area contributed by atoms with Crippen LogP contribution >= 0.6 is 0 Å². The fourth-order valence-electron chi connectivity index (χ4n) is 3.73. The Morgan fingerprint density at radius 3 is 2.68 bits per heavy atom. The number of para-hydroxylation sites is 1. The summed E-state index contributed by atoms with van der Waals surface area (Å²) < 4.78 is 5.09. The van der Waals surface area contributed by atoms with Gasteiger partial charge in [-0.05, 0) is 48.7 Å². The van der Waals surface area contributed by atoms with Crippen molar-refractivity contribution < 1.29 is 19.1 Å². The van der Waals surface area contributed by atoms with Gasteiger partial charge in [0, 0.05) is 35.8 Å². The van der Waals surface area contributed by atoms with Gasteiger partial charge in [-0.2, -0.15) is 0 Å². The number of H-pyrrole nitrogens is 1. The van der Waals surface area contributed by atoms with Crippen LogP contribution in [0.25, 0.3) is 10.9 Å². The van der Waals surface area contributed by atoms with Crippen LogP contribution < -0.4 is 15.4 Å². The summed E-state index contributed by atoms with van der Waals surface area (Å²) in [5.41, 5.74) is 2.72. The minimum Gasteiger partial charge on any atom is -0.497 e. The standard InChI is InChI=1S/C23H24N4O4/c1-31-17-8-6-16(7-9-17)25-21(28)11-10-20-22(29)27(23(30)26-20)13-12-15-14-24-19-5-3-2-4-18(15)19/h2-9,14,20,24H,10-13H2,1H3,(H,25,28)(H,26,30)/t20-/m0/s1. The van der Waals surface area contributed by atoms with Crippen molar-refractivity contribution in [1.82, 2.24) is 15.2 Å². The molecule has 1 saturated heterocycles. The Morgan fingerprint density at radius 2 is 1.90 bits per heavy atom. The lowest BCUT2D eigenvalue weighted by Gasteiger charge is -2.13.